The summed E-state index contributed by atoms with van der Waals surface area (Å²) in [5.41, 5.74) is 0.122. The summed E-state index contributed by atoms with van der Waals surface area (Å²) < 4.78 is 5.30. The lowest BCUT2D eigenvalue weighted by Crippen LogP contribution is -1.99. The Bertz CT molecular complexity index is 851. The predicted octanol–water partition coefficient (Wildman–Crippen LogP) is 3.28. The zero-order valence-corrected chi connectivity index (χ0v) is 10.6. The molecule has 104 valence electrons. The highest BCUT2D eigenvalue weighted by atomic mass is 16.6. The van der Waals surface area contributed by atoms with Gasteiger partial charge in [-0.2, -0.15) is 0 Å². The lowest BCUT2D eigenvalue weighted by atomic mass is 10.1. The molecule has 0 atom stereocenters. The number of hydrogen-bond acceptors (Lipinski definition) is 5. The summed E-state index contributed by atoms with van der Waals surface area (Å²) in [6.07, 6.45) is 0. The second-order valence-corrected chi connectivity index (χ2v) is 4.38. The van der Waals surface area contributed by atoms with Crippen LogP contribution < -0.4 is 0 Å². The zero-order valence-electron chi connectivity index (χ0n) is 10.6. The van der Waals surface area contributed by atoms with Crippen molar-refractivity contribution in [3.05, 3.63) is 70.0 Å². The molecule has 1 heterocycles. The number of carbonyl (C=O) groups excluding carboxylic acids is 1. The molecule has 6 heteroatoms. The summed E-state index contributed by atoms with van der Waals surface area (Å²) in [4.78, 5) is 22.6. The maximum atomic E-state index is 12.3. The van der Waals surface area contributed by atoms with Gasteiger partial charge in [0.05, 0.1) is 4.92 Å². The van der Waals surface area contributed by atoms with Gasteiger partial charge in [-0.05, 0) is 6.07 Å². The van der Waals surface area contributed by atoms with Crippen molar-refractivity contribution in [2.45, 2.75) is 0 Å². The van der Waals surface area contributed by atoms with Gasteiger partial charge in [-0.1, -0.05) is 36.4 Å². The summed E-state index contributed by atoms with van der Waals surface area (Å²) in [7, 11) is 0. The van der Waals surface area contributed by atoms with Crippen LogP contribution in [-0.4, -0.2) is 15.8 Å². The highest BCUT2D eigenvalue weighted by Gasteiger charge is 2.26. The molecular weight excluding hydrogens is 274 g/mol. The van der Waals surface area contributed by atoms with Gasteiger partial charge in [-0.25, -0.2) is 0 Å². The molecule has 0 fully saturated rings. The average Bonchev–Trinajstić information content (AvgIpc) is 2.84. The minimum atomic E-state index is -0.631. The lowest BCUT2D eigenvalue weighted by molar-refractivity contribution is -0.383. The van der Waals surface area contributed by atoms with Crippen LogP contribution in [0, 0.1) is 10.1 Å². The fourth-order valence-electron chi connectivity index (χ4n) is 2.14. The Hall–Kier alpha value is -3.15. The third-order valence-electron chi connectivity index (χ3n) is 3.11. The van der Waals surface area contributed by atoms with Crippen LogP contribution in [0.4, 0.5) is 5.69 Å². The van der Waals surface area contributed by atoms with Crippen molar-refractivity contribution in [2.24, 2.45) is 0 Å². The molecule has 0 aliphatic carbocycles. The number of nitrogens with zero attached hydrogens (tertiary/aromatic N) is 1. The van der Waals surface area contributed by atoms with Gasteiger partial charge in [-0.3, -0.25) is 14.9 Å². The number of nitro benzene ring substituents is 1. The van der Waals surface area contributed by atoms with Crippen molar-refractivity contribution in [2.75, 3.05) is 0 Å². The zero-order chi connectivity index (χ0) is 15.0. The molecule has 6 nitrogen and oxygen atoms in total. The topological polar surface area (TPSA) is 93.6 Å². The first kappa shape index (κ1) is 12.9. The van der Waals surface area contributed by atoms with Crippen molar-refractivity contribution >= 4 is 22.4 Å². The van der Waals surface area contributed by atoms with Crippen LogP contribution >= 0.6 is 0 Å². The summed E-state index contributed by atoms with van der Waals surface area (Å²) in [5.74, 6) is -1.34. The molecular formula is C15H9NO5. The lowest BCUT2D eigenvalue weighted by Gasteiger charge is -1.97. The maximum Gasteiger partial charge on any atom is 0.284 e. The molecule has 2 aromatic carbocycles. The number of carbonyl (C=O) groups is 1. The Morgan fingerprint density at radius 2 is 1.81 bits per heavy atom. The Morgan fingerprint density at radius 1 is 1.10 bits per heavy atom. The molecule has 0 unspecified atom stereocenters. The highest BCUT2D eigenvalue weighted by molar-refractivity contribution is 6.12. The second-order valence-electron chi connectivity index (χ2n) is 4.38. The molecule has 1 aromatic heterocycles. The third kappa shape index (κ3) is 2.02. The quantitative estimate of drug-likeness (QED) is 0.452. The van der Waals surface area contributed by atoms with Gasteiger partial charge in [0.1, 0.15) is 11.0 Å². The van der Waals surface area contributed by atoms with E-state index < -0.39 is 16.5 Å². The molecule has 1 N–H and O–H groups in total. The minimum Gasteiger partial charge on any atom is -0.503 e. The van der Waals surface area contributed by atoms with E-state index in [-0.39, 0.29) is 22.4 Å². The number of benzene rings is 2. The van der Waals surface area contributed by atoms with Gasteiger partial charge in [0.25, 0.3) is 5.69 Å². The van der Waals surface area contributed by atoms with Crippen molar-refractivity contribution in [3.63, 3.8) is 0 Å². The molecule has 0 radical (unpaired) electrons. The van der Waals surface area contributed by atoms with Crippen LogP contribution in [0.3, 0.4) is 0 Å². The van der Waals surface area contributed by atoms with Crippen LogP contribution in [0.5, 0.6) is 5.75 Å². The summed E-state index contributed by atoms with van der Waals surface area (Å²) in [6, 6.07) is 12.4. The minimum absolute atomic E-state index is 0.0678. The van der Waals surface area contributed by atoms with Crippen LogP contribution in [-0.2, 0) is 0 Å². The van der Waals surface area contributed by atoms with Crippen molar-refractivity contribution in [3.8, 4) is 5.75 Å². The van der Waals surface area contributed by atoms with Gasteiger partial charge < -0.3 is 9.52 Å². The average molecular weight is 283 g/mol. The normalized spacial score (nSPS) is 10.7. The molecule has 0 saturated carbocycles. The van der Waals surface area contributed by atoms with E-state index in [9.17, 15) is 20.0 Å². The summed E-state index contributed by atoms with van der Waals surface area (Å²) in [6.45, 7) is 0. The molecule has 3 rings (SSSR count). The van der Waals surface area contributed by atoms with Crippen LogP contribution in [0.25, 0.3) is 11.0 Å². The Morgan fingerprint density at radius 3 is 2.48 bits per heavy atom. The van der Waals surface area contributed by atoms with Crippen molar-refractivity contribution < 1.29 is 19.2 Å². The Labute approximate surface area is 118 Å². The largest absolute Gasteiger partial charge is 0.503 e. The number of nitro groups is 1. The Balaban J connectivity index is 2.22. The van der Waals surface area contributed by atoms with Gasteiger partial charge in [0, 0.05) is 11.6 Å². The fraction of sp³-hybridized carbons (Fsp3) is 0. The Kier molecular flexibility index (Phi) is 2.91. The van der Waals surface area contributed by atoms with E-state index in [2.05, 4.69) is 0 Å². The number of non-ortho nitro benzene ring substituents is 1. The molecule has 0 amide bonds. The predicted molar refractivity (Wildman–Crippen MR) is 74.4 cm³/mol. The molecule has 3 aromatic rings. The molecule has 0 bridgehead atoms. The smallest absolute Gasteiger partial charge is 0.284 e. The van der Waals surface area contributed by atoms with Gasteiger partial charge in [0.15, 0.2) is 5.75 Å². The summed E-state index contributed by atoms with van der Waals surface area (Å²) in [5, 5.41) is 21.0. The van der Waals surface area contributed by atoms with Crippen LogP contribution in [0.2, 0.25) is 0 Å². The number of fused-ring (bicyclic) bond motifs is 1. The first-order chi connectivity index (χ1) is 10.1. The van der Waals surface area contributed by atoms with E-state index in [1.807, 2.05) is 0 Å². The standard InChI is InChI=1S/C15H9NO5/c17-13(9-5-2-1-3-6-9)15-14(18)12-10(16(19)20)7-4-8-11(12)21-15/h1-8,18H. The number of aromatic hydroxyl groups is 1. The van der Waals surface area contributed by atoms with Crippen molar-refractivity contribution in [1.29, 1.82) is 0 Å². The second kappa shape index (κ2) is 4.75. The third-order valence-corrected chi connectivity index (χ3v) is 3.11. The molecule has 21 heavy (non-hydrogen) atoms. The monoisotopic (exact) mass is 283 g/mol. The van der Waals surface area contributed by atoms with E-state index in [1.165, 1.54) is 18.2 Å². The molecule has 0 spiro atoms. The maximum absolute atomic E-state index is 12.3. The van der Waals surface area contributed by atoms with E-state index in [4.69, 9.17) is 4.42 Å². The van der Waals surface area contributed by atoms with E-state index in [1.54, 1.807) is 30.3 Å². The number of hydrogen-bond donors (Lipinski definition) is 1. The van der Waals surface area contributed by atoms with E-state index >= 15 is 0 Å². The van der Waals surface area contributed by atoms with Crippen LogP contribution in [0.1, 0.15) is 16.1 Å². The van der Waals surface area contributed by atoms with Gasteiger partial charge in [-0.15, -0.1) is 0 Å². The van der Waals surface area contributed by atoms with Gasteiger partial charge >= 0.3 is 0 Å². The molecule has 0 aliphatic rings. The molecule has 0 aliphatic heterocycles. The summed E-state index contributed by atoms with van der Waals surface area (Å²) >= 11 is 0. The highest BCUT2D eigenvalue weighted by Crippen LogP contribution is 2.38. The first-order valence-corrected chi connectivity index (χ1v) is 6.08. The van der Waals surface area contributed by atoms with E-state index in [0.717, 1.165) is 0 Å². The van der Waals surface area contributed by atoms with Gasteiger partial charge in [0.2, 0.25) is 11.5 Å². The SMILES string of the molecule is O=C(c1ccccc1)c1oc2cccc([N+](=O)[O-])c2c1O. The van der Waals surface area contributed by atoms with E-state index in [0.29, 0.717) is 5.56 Å². The number of rotatable bonds is 3. The fourth-order valence-corrected chi connectivity index (χ4v) is 2.14. The van der Waals surface area contributed by atoms with Crippen molar-refractivity contribution in [1.82, 2.24) is 0 Å². The first-order valence-electron chi connectivity index (χ1n) is 6.08. The van der Waals surface area contributed by atoms with Crippen LogP contribution in [0.15, 0.2) is 52.9 Å². The molecule has 0 saturated heterocycles. The number of ketones is 1. The number of furan rings is 1.